The van der Waals surface area contributed by atoms with Crippen LogP contribution in [0.5, 0.6) is 5.75 Å². The number of aromatic hydroxyl groups is 1. The predicted molar refractivity (Wildman–Crippen MR) is 108 cm³/mol. The van der Waals surface area contributed by atoms with Crippen LogP contribution in [0.3, 0.4) is 0 Å². The van der Waals surface area contributed by atoms with Gasteiger partial charge in [-0.15, -0.1) is 4.80 Å². The Morgan fingerprint density at radius 3 is 2.60 bits per heavy atom. The number of aryl methyl sites for hydroxylation is 1. The van der Waals surface area contributed by atoms with Crippen LogP contribution in [0.15, 0.2) is 55.2 Å². The molecule has 10 heteroatoms. The fourth-order valence-corrected chi connectivity index (χ4v) is 3.16. The Bertz CT molecular complexity index is 1250. The number of hydrogen-bond acceptors (Lipinski definition) is 6. The summed E-state index contributed by atoms with van der Waals surface area (Å²) < 4.78 is 14.7. The van der Waals surface area contributed by atoms with Crippen molar-refractivity contribution < 1.29 is 14.3 Å². The highest BCUT2D eigenvalue weighted by Gasteiger charge is 2.17. The molecule has 0 spiro atoms. The van der Waals surface area contributed by atoms with Gasteiger partial charge in [-0.2, -0.15) is 10.2 Å². The van der Waals surface area contributed by atoms with Crippen LogP contribution < -0.4 is 5.32 Å². The summed E-state index contributed by atoms with van der Waals surface area (Å²) in [7, 11) is 0. The van der Waals surface area contributed by atoms with E-state index in [0.29, 0.717) is 17.1 Å². The average Bonchev–Trinajstić information content (AvgIpc) is 3.24. The van der Waals surface area contributed by atoms with Crippen LogP contribution >= 0.6 is 11.6 Å². The maximum Gasteiger partial charge on any atom is 0.256 e. The van der Waals surface area contributed by atoms with Gasteiger partial charge in [-0.1, -0.05) is 11.6 Å². The van der Waals surface area contributed by atoms with Gasteiger partial charge in [-0.25, -0.2) is 9.37 Å². The Balaban J connectivity index is 1.60. The van der Waals surface area contributed by atoms with E-state index < -0.39 is 11.7 Å². The molecule has 0 radical (unpaired) electrons. The molecule has 2 N–H and O–H groups in total. The molecule has 3 aromatic heterocycles. The van der Waals surface area contributed by atoms with Crippen molar-refractivity contribution in [3.05, 3.63) is 77.2 Å². The molecule has 0 aliphatic carbocycles. The highest BCUT2D eigenvalue weighted by Crippen LogP contribution is 2.32. The highest BCUT2D eigenvalue weighted by atomic mass is 35.5. The van der Waals surface area contributed by atoms with Gasteiger partial charge in [0.2, 0.25) is 0 Å². The Labute approximate surface area is 175 Å². The smallest absolute Gasteiger partial charge is 0.256 e. The monoisotopic (exact) mass is 424 g/mol. The number of anilines is 1. The standard InChI is InChI=1S/C20H14ClFN6O2/c1-11-6-15(13-2-3-23-10-18(13)29)17(22)8-14(11)20(30)27-12-7-16(21)19(24-9-12)28-25-4-5-26-28/h2-10,29H,1H3,(H,27,30). The first kappa shape index (κ1) is 19.5. The summed E-state index contributed by atoms with van der Waals surface area (Å²) in [5.41, 5.74) is 1.45. The average molecular weight is 425 g/mol. The molecule has 30 heavy (non-hydrogen) atoms. The first-order valence-corrected chi connectivity index (χ1v) is 9.09. The van der Waals surface area contributed by atoms with E-state index in [1.54, 1.807) is 6.92 Å². The number of rotatable bonds is 4. The summed E-state index contributed by atoms with van der Waals surface area (Å²) >= 11 is 6.21. The molecule has 0 unspecified atom stereocenters. The van der Waals surface area contributed by atoms with E-state index >= 15 is 0 Å². The van der Waals surface area contributed by atoms with Crippen molar-refractivity contribution in [2.24, 2.45) is 0 Å². The van der Waals surface area contributed by atoms with Crippen molar-refractivity contribution in [2.45, 2.75) is 6.92 Å². The number of hydrogen-bond donors (Lipinski definition) is 2. The third-order valence-electron chi connectivity index (χ3n) is 4.34. The lowest BCUT2D eigenvalue weighted by atomic mass is 9.99. The normalized spacial score (nSPS) is 10.8. The van der Waals surface area contributed by atoms with E-state index in [-0.39, 0.29) is 27.5 Å². The van der Waals surface area contributed by atoms with Gasteiger partial charge in [0.05, 0.1) is 35.5 Å². The van der Waals surface area contributed by atoms with Crippen LogP contribution in [0.25, 0.3) is 16.9 Å². The molecule has 3 heterocycles. The van der Waals surface area contributed by atoms with E-state index in [4.69, 9.17) is 11.6 Å². The Kier molecular flexibility index (Phi) is 5.11. The SMILES string of the molecule is Cc1cc(-c2ccncc2O)c(F)cc1C(=O)Nc1cnc(-n2nccn2)c(Cl)c1. The second kappa shape index (κ2) is 7.88. The number of nitrogens with one attached hydrogen (secondary N) is 1. The molecule has 1 amide bonds. The lowest BCUT2D eigenvalue weighted by Crippen LogP contribution is -2.15. The second-order valence-corrected chi connectivity index (χ2v) is 6.75. The van der Waals surface area contributed by atoms with Crippen LogP contribution in [0.4, 0.5) is 10.1 Å². The number of aromatic nitrogens is 5. The van der Waals surface area contributed by atoms with E-state index in [0.717, 1.165) is 6.07 Å². The van der Waals surface area contributed by atoms with Crippen molar-refractivity contribution in [2.75, 3.05) is 5.32 Å². The molecule has 0 bridgehead atoms. The number of halogens is 2. The summed E-state index contributed by atoms with van der Waals surface area (Å²) in [4.78, 5) is 21.9. The molecule has 4 aromatic rings. The van der Waals surface area contributed by atoms with Gasteiger partial charge in [-0.05, 0) is 36.8 Å². The lowest BCUT2D eigenvalue weighted by Gasteiger charge is -2.12. The van der Waals surface area contributed by atoms with Crippen molar-refractivity contribution in [1.29, 1.82) is 0 Å². The summed E-state index contributed by atoms with van der Waals surface area (Å²) in [5.74, 6) is -1.02. The van der Waals surface area contributed by atoms with Crippen molar-refractivity contribution >= 4 is 23.2 Å². The Morgan fingerprint density at radius 2 is 1.90 bits per heavy atom. The zero-order chi connectivity index (χ0) is 21.3. The molecule has 0 aliphatic rings. The molecule has 0 aliphatic heterocycles. The number of amides is 1. The maximum absolute atomic E-state index is 14.7. The number of carbonyl (C=O) groups excluding carboxylic acids is 1. The number of carbonyl (C=O) groups is 1. The summed E-state index contributed by atoms with van der Waals surface area (Å²) in [6.45, 7) is 1.67. The van der Waals surface area contributed by atoms with Crippen LogP contribution in [0, 0.1) is 12.7 Å². The largest absolute Gasteiger partial charge is 0.506 e. The van der Waals surface area contributed by atoms with Gasteiger partial charge in [0.1, 0.15) is 11.6 Å². The van der Waals surface area contributed by atoms with Crippen molar-refractivity contribution in [3.63, 3.8) is 0 Å². The number of benzene rings is 1. The minimum atomic E-state index is -0.650. The Morgan fingerprint density at radius 1 is 1.13 bits per heavy atom. The topological polar surface area (TPSA) is 106 Å². The molecule has 150 valence electrons. The van der Waals surface area contributed by atoms with Crippen molar-refractivity contribution in [1.82, 2.24) is 25.0 Å². The molecule has 0 saturated heterocycles. The van der Waals surface area contributed by atoms with Gasteiger partial charge in [0.15, 0.2) is 5.82 Å². The van der Waals surface area contributed by atoms with Crippen LogP contribution in [-0.4, -0.2) is 36.0 Å². The minimum absolute atomic E-state index is 0.138. The molecule has 4 rings (SSSR count). The third-order valence-corrected chi connectivity index (χ3v) is 4.61. The maximum atomic E-state index is 14.7. The molecule has 0 fully saturated rings. The van der Waals surface area contributed by atoms with Gasteiger partial charge in [0.25, 0.3) is 5.91 Å². The highest BCUT2D eigenvalue weighted by molar-refractivity contribution is 6.32. The lowest BCUT2D eigenvalue weighted by molar-refractivity contribution is 0.102. The fraction of sp³-hybridized carbons (Fsp3) is 0.0500. The van der Waals surface area contributed by atoms with Crippen LogP contribution in [-0.2, 0) is 0 Å². The molecular weight excluding hydrogens is 411 g/mol. The second-order valence-electron chi connectivity index (χ2n) is 6.34. The summed E-state index contributed by atoms with van der Waals surface area (Å²) in [6, 6.07) is 5.62. The molecule has 8 nitrogen and oxygen atoms in total. The van der Waals surface area contributed by atoms with Crippen LogP contribution in [0.1, 0.15) is 15.9 Å². The molecule has 0 atom stereocenters. The zero-order valence-corrected chi connectivity index (χ0v) is 16.3. The number of pyridine rings is 2. The summed E-state index contributed by atoms with van der Waals surface area (Å²) in [6.07, 6.45) is 7.05. The van der Waals surface area contributed by atoms with Crippen LogP contribution in [0.2, 0.25) is 5.02 Å². The quantitative estimate of drug-likeness (QED) is 0.516. The number of nitrogens with zero attached hydrogens (tertiary/aromatic N) is 5. The zero-order valence-electron chi connectivity index (χ0n) is 15.5. The predicted octanol–water partition coefficient (Wildman–Crippen LogP) is 3.78. The minimum Gasteiger partial charge on any atom is -0.506 e. The summed E-state index contributed by atoms with van der Waals surface area (Å²) in [5, 5.41) is 20.7. The van der Waals surface area contributed by atoms with Gasteiger partial charge < -0.3 is 10.4 Å². The van der Waals surface area contributed by atoms with E-state index in [1.165, 1.54) is 54.0 Å². The first-order chi connectivity index (χ1) is 14.4. The van der Waals surface area contributed by atoms with Gasteiger partial charge in [0, 0.05) is 22.9 Å². The van der Waals surface area contributed by atoms with Crippen molar-refractivity contribution in [3.8, 4) is 22.7 Å². The molecular formula is C20H14ClFN6O2. The van der Waals surface area contributed by atoms with E-state index in [2.05, 4.69) is 25.5 Å². The molecule has 1 aromatic carbocycles. The molecule has 0 saturated carbocycles. The van der Waals surface area contributed by atoms with E-state index in [1.807, 2.05) is 0 Å². The van der Waals surface area contributed by atoms with Gasteiger partial charge >= 0.3 is 0 Å². The fourth-order valence-electron chi connectivity index (χ4n) is 2.92. The third kappa shape index (κ3) is 3.70. The Hall–Kier alpha value is -3.85. The van der Waals surface area contributed by atoms with E-state index in [9.17, 15) is 14.3 Å². The first-order valence-electron chi connectivity index (χ1n) is 8.71. The van der Waals surface area contributed by atoms with Gasteiger partial charge in [-0.3, -0.25) is 9.78 Å².